The van der Waals surface area contributed by atoms with Crippen LogP contribution in [0, 0.1) is 5.82 Å². The van der Waals surface area contributed by atoms with Crippen molar-refractivity contribution < 1.29 is 23.1 Å². The molecule has 178 valence electrons. The number of fused-ring (bicyclic) bond motifs is 1. The van der Waals surface area contributed by atoms with E-state index < -0.39 is 35.7 Å². The van der Waals surface area contributed by atoms with E-state index in [1.54, 1.807) is 6.92 Å². The van der Waals surface area contributed by atoms with Gasteiger partial charge in [0.05, 0.1) is 22.6 Å². The monoisotopic (exact) mass is 492 g/mol. The fraction of sp³-hybridized carbons (Fsp3) is 0.304. The molecular formula is C23H20ClF3N4O3. The van der Waals surface area contributed by atoms with E-state index in [2.05, 4.69) is 15.3 Å². The van der Waals surface area contributed by atoms with Crippen molar-refractivity contribution in [2.24, 2.45) is 7.05 Å². The molecule has 11 heteroatoms. The van der Waals surface area contributed by atoms with Crippen molar-refractivity contribution in [2.45, 2.75) is 38.2 Å². The smallest absolute Gasteiger partial charge is 0.356 e. The Labute approximate surface area is 196 Å². The van der Waals surface area contributed by atoms with Gasteiger partial charge in [-0.1, -0.05) is 17.7 Å². The van der Waals surface area contributed by atoms with Crippen LogP contribution >= 0.6 is 11.6 Å². The molecule has 2 aromatic heterocycles. The van der Waals surface area contributed by atoms with E-state index in [0.29, 0.717) is 11.1 Å². The number of carboxylic acid groups (broad SMARTS) is 1. The second-order valence-corrected chi connectivity index (χ2v) is 8.57. The standard InChI is InChI=1S/C23H20ClF3N4O3/c1-11(28-16-3-4-17(24)29-19(16)22(33)34)14-9-13(25)10-15-18(14)30-20(31(2)21(15)32)12-5-7-23(26,27)8-6-12/h3-5,9-11,28H,6-8H2,1-2H3,(H,33,34)/t11-/m1/s1. The summed E-state index contributed by atoms with van der Waals surface area (Å²) in [7, 11) is 1.46. The first kappa shape index (κ1) is 23.7. The van der Waals surface area contributed by atoms with Crippen LogP contribution in [0.4, 0.5) is 18.9 Å². The van der Waals surface area contributed by atoms with Crippen molar-refractivity contribution in [2.75, 3.05) is 5.32 Å². The summed E-state index contributed by atoms with van der Waals surface area (Å²) < 4.78 is 43.0. The molecule has 34 heavy (non-hydrogen) atoms. The number of nitrogens with one attached hydrogen (secondary N) is 1. The highest BCUT2D eigenvalue weighted by Crippen LogP contribution is 2.36. The largest absolute Gasteiger partial charge is 0.476 e. The molecule has 0 bridgehead atoms. The number of aromatic carboxylic acids is 1. The molecule has 2 N–H and O–H groups in total. The number of benzene rings is 1. The molecule has 0 unspecified atom stereocenters. The molecule has 1 aliphatic carbocycles. The van der Waals surface area contributed by atoms with Crippen molar-refractivity contribution in [1.82, 2.24) is 14.5 Å². The molecule has 0 radical (unpaired) electrons. The zero-order valence-electron chi connectivity index (χ0n) is 18.2. The van der Waals surface area contributed by atoms with E-state index in [0.717, 1.165) is 6.07 Å². The molecule has 1 aliphatic rings. The topological polar surface area (TPSA) is 97.1 Å². The molecule has 3 aromatic rings. The first-order chi connectivity index (χ1) is 16.0. The SMILES string of the molecule is C[C@@H](Nc1ccc(Cl)nc1C(=O)O)c1cc(F)cc2c(=O)n(C)c(C3=CCC(F)(F)CC3)nc12. The normalized spacial score (nSPS) is 16.2. The maximum absolute atomic E-state index is 14.5. The molecule has 0 saturated carbocycles. The van der Waals surface area contributed by atoms with Gasteiger partial charge in [-0.15, -0.1) is 0 Å². The van der Waals surface area contributed by atoms with E-state index in [-0.39, 0.29) is 46.1 Å². The van der Waals surface area contributed by atoms with E-state index in [4.69, 9.17) is 11.6 Å². The number of rotatable bonds is 5. The zero-order valence-corrected chi connectivity index (χ0v) is 19.0. The number of aromatic nitrogens is 3. The lowest BCUT2D eigenvalue weighted by atomic mass is 9.95. The van der Waals surface area contributed by atoms with E-state index in [1.165, 1.54) is 35.9 Å². The Morgan fingerprint density at radius 1 is 1.29 bits per heavy atom. The molecule has 0 aliphatic heterocycles. The maximum atomic E-state index is 14.5. The highest BCUT2D eigenvalue weighted by atomic mass is 35.5. The van der Waals surface area contributed by atoms with Gasteiger partial charge in [-0.25, -0.2) is 27.9 Å². The summed E-state index contributed by atoms with van der Waals surface area (Å²) in [5.41, 5.74) is 0.295. The quantitative estimate of drug-likeness (QED) is 0.475. The van der Waals surface area contributed by atoms with E-state index in [1.807, 2.05) is 0 Å². The Kier molecular flexibility index (Phi) is 6.11. The molecule has 0 saturated heterocycles. The van der Waals surface area contributed by atoms with Crippen LogP contribution in [0.5, 0.6) is 0 Å². The summed E-state index contributed by atoms with van der Waals surface area (Å²) in [6.07, 6.45) is 0.608. The van der Waals surface area contributed by atoms with Gasteiger partial charge < -0.3 is 10.4 Å². The molecule has 0 amide bonds. The lowest BCUT2D eigenvalue weighted by molar-refractivity contribution is -0.00612. The number of carboxylic acids is 1. The lowest BCUT2D eigenvalue weighted by Gasteiger charge is -2.23. The summed E-state index contributed by atoms with van der Waals surface area (Å²) in [6.45, 7) is 1.65. The highest BCUT2D eigenvalue weighted by Gasteiger charge is 2.32. The number of anilines is 1. The fourth-order valence-corrected chi connectivity index (χ4v) is 4.15. The Morgan fingerprint density at radius 2 is 2.03 bits per heavy atom. The second-order valence-electron chi connectivity index (χ2n) is 8.18. The van der Waals surface area contributed by atoms with Crippen molar-refractivity contribution >= 4 is 39.7 Å². The zero-order chi connectivity index (χ0) is 24.8. The summed E-state index contributed by atoms with van der Waals surface area (Å²) in [5.74, 6) is -4.56. The average Bonchev–Trinajstić information content (AvgIpc) is 2.77. The van der Waals surface area contributed by atoms with Crippen LogP contribution in [0.25, 0.3) is 16.5 Å². The van der Waals surface area contributed by atoms with Gasteiger partial charge in [0, 0.05) is 25.5 Å². The third-order valence-corrected chi connectivity index (χ3v) is 5.98. The third-order valence-electron chi connectivity index (χ3n) is 5.77. The second kappa shape index (κ2) is 8.75. The predicted molar refractivity (Wildman–Crippen MR) is 122 cm³/mol. The first-order valence-electron chi connectivity index (χ1n) is 10.4. The Hall–Kier alpha value is -3.40. The van der Waals surface area contributed by atoms with Crippen molar-refractivity contribution in [3.05, 3.63) is 68.7 Å². The Balaban J connectivity index is 1.84. The minimum Gasteiger partial charge on any atom is -0.476 e. The van der Waals surface area contributed by atoms with Crippen molar-refractivity contribution in [3.8, 4) is 0 Å². The van der Waals surface area contributed by atoms with E-state index >= 15 is 0 Å². The molecule has 0 fully saturated rings. The van der Waals surface area contributed by atoms with Crippen molar-refractivity contribution in [3.63, 3.8) is 0 Å². The maximum Gasteiger partial charge on any atom is 0.356 e. The third kappa shape index (κ3) is 4.50. The van der Waals surface area contributed by atoms with Gasteiger partial charge in [0.15, 0.2) is 5.69 Å². The van der Waals surface area contributed by atoms with Gasteiger partial charge >= 0.3 is 5.97 Å². The first-order valence-corrected chi connectivity index (χ1v) is 10.8. The van der Waals surface area contributed by atoms with Gasteiger partial charge in [0.1, 0.15) is 16.8 Å². The van der Waals surface area contributed by atoms with Gasteiger partial charge in [-0.2, -0.15) is 0 Å². The number of allylic oxidation sites excluding steroid dienone is 2. The average molecular weight is 493 g/mol. The van der Waals surface area contributed by atoms with Gasteiger partial charge in [-0.3, -0.25) is 9.36 Å². The van der Waals surface area contributed by atoms with E-state index in [9.17, 15) is 27.9 Å². The number of alkyl halides is 2. The molecule has 1 atom stereocenters. The van der Waals surface area contributed by atoms with Crippen LogP contribution in [-0.2, 0) is 7.05 Å². The predicted octanol–water partition coefficient (Wildman–Crippen LogP) is 5.19. The number of nitrogens with zero attached hydrogens (tertiary/aromatic N) is 3. The fourth-order valence-electron chi connectivity index (χ4n) is 4.01. The lowest BCUT2D eigenvalue weighted by Crippen LogP contribution is -2.25. The van der Waals surface area contributed by atoms with Crippen LogP contribution in [-0.4, -0.2) is 31.5 Å². The number of halogens is 4. The molecular weight excluding hydrogens is 473 g/mol. The van der Waals surface area contributed by atoms with Crippen LogP contribution in [0.1, 0.15) is 54.1 Å². The molecule has 0 spiro atoms. The number of carbonyl (C=O) groups is 1. The summed E-state index contributed by atoms with van der Waals surface area (Å²) in [4.78, 5) is 33.0. The van der Waals surface area contributed by atoms with Gasteiger partial charge in [0.25, 0.3) is 11.5 Å². The molecule has 7 nitrogen and oxygen atoms in total. The molecule has 1 aromatic carbocycles. The molecule has 2 heterocycles. The molecule has 4 rings (SSSR count). The minimum absolute atomic E-state index is 0.00653. The highest BCUT2D eigenvalue weighted by molar-refractivity contribution is 6.29. The van der Waals surface area contributed by atoms with Gasteiger partial charge in [-0.05, 0) is 43.2 Å². The Bertz CT molecular complexity index is 1400. The number of pyridine rings is 1. The van der Waals surface area contributed by atoms with Crippen LogP contribution < -0.4 is 10.9 Å². The number of hydrogen-bond donors (Lipinski definition) is 2. The van der Waals surface area contributed by atoms with Gasteiger partial charge in [0.2, 0.25) is 0 Å². The minimum atomic E-state index is -2.81. The van der Waals surface area contributed by atoms with Crippen LogP contribution in [0.3, 0.4) is 0 Å². The number of hydrogen-bond acceptors (Lipinski definition) is 5. The van der Waals surface area contributed by atoms with Crippen LogP contribution in [0.15, 0.2) is 35.1 Å². The summed E-state index contributed by atoms with van der Waals surface area (Å²) in [5, 5.41) is 12.4. The van der Waals surface area contributed by atoms with Crippen LogP contribution in [0.2, 0.25) is 5.15 Å². The van der Waals surface area contributed by atoms with Crippen molar-refractivity contribution in [1.29, 1.82) is 0 Å². The Morgan fingerprint density at radius 3 is 2.68 bits per heavy atom. The summed E-state index contributed by atoms with van der Waals surface area (Å²) in [6, 6.07) is 4.41. The summed E-state index contributed by atoms with van der Waals surface area (Å²) >= 11 is 5.80.